The lowest BCUT2D eigenvalue weighted by Crippen LogP contribution is -2.34. The number of likely N-dealkylation sites (tertiary alicyclic amines) is 1. The number of benzene rings is 1. The molecule has 1 heterocycles. The van der Waals surface area contributed by atoms with Crippen LogP contribution in [0.15, 0.2) is 46.8 Å². The van der Waals surface area contributed by atoms with Crippen LogP contribution in [0.4, 0.5) is 5.69 Å². The molecular weight excluding hydrogens is 338 g/mol. The lowest BCUT2D eigenvalue weighted by molar-refractivity contribution is 0.249. The Kier molecular flexibility index (Phi) is 5.43. The number of phenolic OH excluding ortho intramolecular Hbond substituents is 1. The number of halogens is 1. The molecule has 6 heteroatoms. The van der Waals surface area contributed by atoms with E-state index in [9.17, 15) is 5.11 Å². The Morgan fingerprint density at radius 2 is 2.00 bits per heavy atom. The zero-order valence-electron chi connectivity index (χ0n) is 14.3. The van der Waals surface area contributed by atoms with Crippen molar-refractivity contribution in [3.8, 4) is 5.75 Å². The number of hydrogen-bond acceptors (Lipinski definition) is 5. The van der Waals surface area contributed by atoms with E-state index in [0.29, 0.717) is 28.8 Å². The maximum Gasteiger partial charge on any atom is 0.146 e. The van der Waals surface area contributed by atoms with E-state index in [1.807, 2.05) is 13.0 Å². The summed E-state index contributed by atoms with van der Waals surface area (Å²) in [5.74, 6) is 0.619. The molecule has 0 amide bonds. The lowest BCUT2D eigenvalue weighted by atomic mass is 10.0. The quantitative estimate of drug-likeness (QED) is 0.781. The summed E-state index contributed by atoms with van der Waals surface area (Å²) in [5.41, 5.74) is 2.60. The fourth-order valence-electron chi connectivity index (χ4n) is 3.03. The highest BCUT2D eigenvalue weighted by Gasteiger charge is 2.23. The van der Waals surface area contributed by atoms with Gasteiger partial charge in [0.25, 0.3) is 0 Å². The van der Waals surface area contributed by atoms with Gasteiger partial charge in [-0.05, 0) is 44.4 Å². The summed E-state index contributed by atoms with van der Waals surface area (Å²) in [6.45, 7) is 4.30. The third kappa shape index (κ3) is 4.04. The van der Waals surface area contributed by atoms with Crippen molar-refractivity contribution >= 4 is 28.7 Å². The van der Waals surface area contributed by atoms with E-state index in [4.69, 9.17) is 26.7 Å². The number of ether oxygens (including phenoxy) is 1. The van der Waals surface area contributed by atoms with Crippen molar-refractivity contribution in [2.45, 2.75) is 26.2 Å². The van der Waals surface area contributed by atoms with Crippen molar-refractivity contribution in [1.82, 2.24) is 4.90 Å². The van der Waals surface area contributed by atoms with Gasteiger partial charge < -0.3 is 14.7 Å². The average Bonchev–Trinajstić information content (AvgIpc) is 2.61. The molecule has 1 aromatic carbocycles. The molecule has 1 saturated heterocycles. The molecule has 1 aromatic rings. The molecule has 0 radical (unpaired) electrons. The SMILES string of the molecule is CCOC1=CC(=Nc2ccc(O)cc2Cl)C(N2CCCCC2)=CC1=N. The zero-order chi connectivity index (χ0) is 17.8. The molecule has 132 valence electrons. The predicted octanol–water partition coefficient (Wildman–Crippen LogP) is 4.44. The van der Waals surface area contributed by atoms with E-state index < -0.39 is 0 Å². The molecule has 1 fully saturated rings. The first-order valence-electron chi connectivity index (χ1n) is 8.56. The number of rotatable bonds is 4. The van der Waals surface area contributed by atoms with Gasteiger partial charge in [-0.15, -0.1) is 0 Å². The second-order valence-corrected chi connectivity index (χ2v) is 6.47. The molecule has 2 aliphatic rings. The Balaban J connectivity index is 2.01. The van der Waals surface area contributed by atoms with Crippen molar-refractivity contribution in [2.24, 2.45) is 4.99 Å². The van der Waals surface area contributed by atoms with Gasteiger partial charge in [-0.2, -0.15) is 0 Å². The molecule has 0 bridgehead atoms. The largest absolute Gasteiger partial charge is 0.508 e. The van der Waals surface area contributed by atoms with Crippen LogP contribution in [-0.2, 0) is 4.74 Å². The van der Waals surface area contributed by atoms with Crippen LogP contribution in [-0.4, -0.2) is 41.1 Å². The zero-order valence-corrected chi connectivity index (χ0v) is 15.0. The van der Waals surface area contributed by atoms with E-state index in [1.54, 1.807) is 18.2 Å². The van der Waals surface area contributed by atoms with Gasteiger partial charge in [-0.3, -0.25) is 5.41 Å². The van der Waals surface area contributed by atoms with Gasteiger partial charge in [0.05, 0.1) is 34.4 Å². The molecule has 25 heavy (non-hydrogen) atoms. The van der Waals surface area contributed by atoms with Crippen LogP contribution in [0.1, 0.15) is 26.2 Å². The van der Waals surface area contributed by atoms with Gasteiger partial charge in [-0.1, -0.05) is 11.6 Å². The molecule has 1 aliphatic heterocycles. The fourth-order valence-corrected chi connectivity index (χ4v) is 3.24. The van der Waals surface area contributed by atoms with Gasteiger partial charge >= 0.3 is 0 Å². The highest BCUT2D eigenvalue weighted by molar-refractivity contribution is 6.33. The topological polar surface area (TPSA) is 68.9 Å². The summed E-state index contributed by atoms with van der Waals surface area (Å²) < 4.78 is 5.57. The molecule has 0 saturated carbocycles. The Labute approximate surface area is 152 Å². The Hall–Kier alpha value is -2.27. The van der Waals surface area contributed by atoms with E-state index in [2.05, 4.69) is 4.90 Å². The van der Waals surface area contributed by atoms with Gasteiger partial charge in [0, 0.05) is 25.2 Å². The monoisotopic (exact) mass is 359 g/mol. The van der Waals surface area contributed by atoms with Crippen molar-refractivity contribution in [3.05, 3.63) is 46.8 Å². The van der Waals surface area contributed by atoms with Crippen LogP contribution in [0.2, 0.25) is 5.02 Å². The first kappa shape index (κ1) is 17.5. The Morgan fingerprint density at radius 3 is 2.68 bits per heavy atom. The third-order valence-electron chi connectivity index (χ3n) is 4.25. The minimum atomic E-state index is 0.108. The number of nitrogens with zero attached hydrogens (tertiary/aromatic N) is 2. The summed E-state index contributed by atoms with van der Waals surface area (Å²) in [6, 6.07) is 4.73. The Bertz CT molecular complexity index is 762. The van der Waals surface area contributed by atoms with Crippen LogP contribution in [0, 0.1) is 5.41 Å². The second kappa shape index (κ2) is 7.74. The summed E-state index contributed by atoms with van der Waals surface area (Å²) in [6.07, 6.45) is 7.14. The van der Waals surface area contributed by atoms with Crippen LogP contribution in [0.3, 0.4) is 0 Å². The van der Waals surface area contributed by atoms with Gasteiger partial charge in [0.2, 0.25) is 0 Å². The van der Waals surface area contributed by atoms with Crippen molar-refractivity contribution in [2.75, 3.05) is 19.7 Å². The number of phenols is 1. The first-order valence-corrected chi connectivity index (χ1v) is 8.94. The van der Waals surface area contributed by atoms with Crippen molar-refractivity contribution in [1.29, 1.82) is 5.41 Å². The molecule has 0 spiro atoms. The third-order valence-corrected chi connectivity index (χ3v) is 4.55. The number of piperidine rings is 1. The lowest BCUT2D eigenvalue weighted by Gasteiger charge is -2.32. The minimum absolute atomic E-state index is 0.108. The molecule has 0 unspecified atom stereocenters. The normalized spacial score (nSPS) is 19.7. The van der Waals surface area contributed by atoms with Crippen LogP contribution < -0.4 is 0 Å². The van der Waals surface area contributed by atoms with Crippen molar-refractivity contribution in [3.63, 3.8) is 0 Å². The summed E-state index contributed by atoms with van der Waals surface area (Å²) in [4.78, 5) is 6.96. The number of nitrogens with one attached hydrogen (secondary N) is 1. The summed E-state index contributed by atoms with van der Waals surface area (Å²) in [5, 5.41) is 18.1. The summed E-state index contributed by atoms with van der Waals surface area (Å²) in [7, 11) is 0. The number of allylic oxidation sites excluding steroid dienone is 2. The molecule has 3 rings (SSSR count). The average molecular weight is 360 g/mol. The smallest absolute Gasteiger partial charge is 0.146 e. The number of hydrogen-bond donors (Lipinski definition) is 2. The van der Waals surface area contributed by atoms with Crippen LogP contribution in [0.5, 0.6) is 5.75 Å². The van der Waals surface area contributed by atoms with E-state index >= 15 is 0 Å². The standard InChI is InChI=1S/C19H22ClN3O2/c1-2-25-19-12-17(22-16-7-6-13(24)10-14(16)20)18(11-15(19)21)23-8-4-3-5-9-23/h6-7,10-12,21,24H,2-5,8-9H2,1H3. The molecular formula is C19H22ClN3O2. The van der Waals surface area contributed by atoms with E-state index in [-0.39, 0.29) is 5.75 Å². The fraction of sp³-hybridized carbons (Fsp3) is 0.368. The second-order valence-electron chi connectivity index (χ2n) is 6.07. The maximum atomic E-state index is 9.53. The predicted molar refractivity (Wildman–Crippen MR) is 101 cm³/mol. The van der Waals surface area contributed by atoms with Gasteiger partial charge in [0.15, 0.2) is 0 Å². The Morgan fingerprint density at radius 1 is 1.24 bits per heavy atom. The van der Waals surface area contributed by atoms with E-state index in [0.717, 1.165) is 37.3 Å². The van der Waals surface area contributed by atoms with Crippen LogP contribution >= 0.6 is 11.6 Å². The highest BCUT2D eigenvalue weighted by atomic mass is 35.5. The molecule has 5 nitrogen and oxygen atoms in total. The highest BCUT2D eigenvalue weighted by Crippen LogP contribution is 2.31. The molecule has 2 N–H and O–H groups in total. The molecule has 1 aliphatic carbocycles. The number of aliphatic imine (C=N–C) groups is 1. The van der Waals surface area contributed by atoms with Crippen LogP contribution in [0.25, 0.3) is 0 Å². The number of aromatic hydroxyl groups is 1. The van der Waals surface area contributed by atoms with Crippen molar-refractivity contribution < 1.29 is 9.84 Å². The van der Waals surface area contributed by atoms with Gasteiger partial charge in [-0.25, -0.2) is 4.99 Å². The minimum Gasteiger partial charge on any atom is -0.508 e. The first-order chi connectivity index (χ1) is 12.1. The molecule has 0 atom stereocenters. The summed E-state index contributed by atoms with van der Waals surface area (Å²) >= 11 is 6.21. The maximum absolute atomic E-state index is 9.53. The molecule has 0 aromatic heterocycles. The van der Waals surface area contributed by atoms with E-state index in [1.165, 1.54) is 12.5 Å². The van der Waals surface area contributed by atoms with Gasteiger partial charge in [0.1, 0.15) is 11.5 Å².